The molecule has 0 heterocycles. The lowest BCUT2D eigenvalue weighted by Crippen LogP contribution is -2.57. The molecule has 3 aromatic rings. The first-order valence-electron chi connectivity index (χ1n) is 9.59. The van der Waals surface area contributed by atoms with E-state index in [-0.39, 0.29) is 6.42 Å². The van der Waals surface area contributed by atoms with E-state index in [2.05, 4.69) is 15.9 Å². The van der Waals surface area contributed by atoms with Crippen molar-refractivity contribution >= 4 is 21.9 Å². The van der Waals surface area contributed by atoms with Gasteiger partial charge in [-0.3, -0.25) is 4.79 Å². The van der Waals surface area contributed by atoms with Gasteiger partial charge in [-0.05, 0) is 58.7 Å². The van der Waals surface area contributed by atoms with E-state index in [0.717, 1.165) is 4.47 Å². The molecule has 0 radical (unpaired) electrons. The van der Waals surface area contributed by atoms with Gasteiger partial charge in [0.2, 0.25) is 0 Å². The van der Waals surface area contributed by atoms with E-state index in [1.807, 2.05) is 6.07 Å². The molecule has 0 saturated heterocycles. The van der Waals surface area contributed by atoms with E-state index in [0.29, 0.717) is 33.8 Å². The molecule has 0 amide bonds. The number of carbonyl (C=O) groups is 1. The Hall–Kier alpha value is -2.67. The van der Waals surface area contributed by atoms with Gasteiger partial charge in [-0.2, -0.15) is 0 Å². The highest BCUT2D eigenvalue weighted by atomic mass is 79.9. The normalized spacial score (nSPS) is 25.9. The van der Waals surface area contributed by atoms with Crippen LogP contribution in [0.4, 0.5) is 0 Å². The molecule has 5 nitrogen and oxygen atoms in total. The minimum absolute atomic E-state index is 0.0267. The van der Waals surface area contributed by atoms with Gasteiger partial charge in [-0.25, -0.2) is 0 Å². The predicted octanol–water partition coefficient (Wildman–Crippen LogP) is 3.87. The molecule has 0 saturated carbocycles. The number of halogens is 1. The van der Waals surface area contributed by atoms with Crippen LogP contribution in [-0.4, -0.2) is 23.3 Å². The summed E-state index contributed by atoms with van der Waals surface area (Å²) in [5.41, 5.74) is -0.719. The smallest absolute Gasteiger partial charge is 0.318 e. The highest BCUT2D eigenvalue weighted by Gasteiger charge is 2.62. The molecule has 0 aromatic heterocycles. The number of benzene rings is 3. The second kappa shape index (κ2) is 6.67. The summed E-state index contributed by atoms with van der Waals surface area (Å²) in [6.07, 6.45) is 0.0267. The first-order valence-corrected chi connectivity index (χ1v) is 10.4. The minimum Gasteiger partial charge on any atom is -0.497 e. The second-order valence-corrected chi connectivity index (χ2v) is 8.63. The van der Waals surface area contributed by atoms with Crippen LogP contribution in [-0.2, 0) is 16.0 Å². The van der Waals surface area contributed by atoms with Crippen molar-refractivity contribution in [2.24, 2.45) is 5.92 Å². The number of hydrogen-bond acceptors (Lipinski definition) is 5. The van der Waals surface area contributed by atoms with Crippen LogP contribution in [0.1, 0.15) is 28.7 Å². The summed E-state index contributed by atoms with van der Waals surface area (Å²) in [5.74, 6) is -0.563. The fourth-order valence-electron chi connectivity index (χ4n) is 4.78. The van der Waals surface area contributed by atoms with Crippen molar-refractivity contribution in [3.8, 4) is 11.5 Å². The van der Waals surface area contributed by atoms with Crippen LogP contribution in [0.25, 0.3) is 0 Å². The summed E-state index contributed by atoms with van der Waals surface area (Å²) < 4.78 is 11.5. The standard InChI is InChI=1S/C24H19BrO5/c1-29-15-7-9-16(10-8-15)30-22(26)21-13-23(27)17-4-2-3-5-18(17)24(21,28)19-11-6-14(25)12-20(19)23/h2-12,21,27-28H,13H2,1H3. The quantitative estimate of drug-likeness (QED) is 0.452. The first-order chi connectivity index (χ1) is 14.4. The van der Waals surface area contributed by atoms with Crippen molar-refractivity contribution < 1.29 is 24.5 Å². The monoisotopic (exact) mass is 466 g/mol. The van der Waals surface area contributed by atoms with E-state index in [1.54, 1.807) is 67.8 Å². The van der Waals surface area contributed by atoms with Crippen molar-refractivity contribution in [2.45, 2.75) is 17.6 Å². The Bertz CT molecular complexity index is 1160. The van der Waals surface area contributed by atoms with Crippen molar-refractivity contribution in [1.82, 2.24) is 0 Å². The molecule has 3 aromatic carbocycles. The number of ether oxygens (including phenoxy) is 2. The van der Waals surface area contributed by atoms with Gasteiger partial charge in [0.05, 0.1) is 13.0 Å². The van der Waals surface area contributed by atoms with Crippen LogP contribution in [0, 0.1) is 5.92 Å². The summed E-state index contributed by atoms with van der Waals surface area (Å²) in [6.45, 7) is 0. The summed E-state index contributed by atoms with van der Waals surface area (Å²) >= 11 is 3.45. The second-order valence-electron chi connectivity index (χ2n) is 7.72. The highest BCUT2D eigenvalue weighted by molar-refractivity contribution is 9.10. The van der Waals surface area contributed by atoms with E-state index in [1.165, 1.54) is 0 Å². The fourth-order valence-corrected chi connectivity index (χ4v) is 5.14. The maximum Gasteiger partial charge on any atom is 0.318 e. The first kappa shape index (κ1) is 19.3. The Balaban J connectivity index is 1.61. The fraction of sp³-hybridized carbons (Fsp3) is 0.208. The molecule has 2 bridgehead atoms. The molecule has 6 heteroatoms. The average Bonchev–Trinajstić information content (AvgIpc) is 2.76. The lowest BCUT2D eigenvalue weighted by molar-refractivity contribution is -0.157. The molecular formula is C24H19BrO5. The Morgan fingerprint density at radius 1 is 0.933 bits per heavy atom. The maximum absolute atomic E-state index is 13.2. The predicted molar refractivity (Wildman–Crippen MR) is 113 cm³/mol. The van der Waals surface area contributed by atoms with Crippen molar-refractivity contribution in [2.75, 3.05) is 7.11 Å². The summed E-state index contributed by atoms with van der Waals surface area (Å²) in [7, 11) is 1.56. The van der Waals surface area contributed by atoms with Gasteiger partial charge in [-0.1, -0.05) is 46.3 Å². The van der Waals surface area contributed by atoms with Gasteiger partial charge >= 0.3 is 5.97 Å². The van der Waals surface area contributed by atoms with Crippen LogP contribution in [0.5, 0.6) is 11.5 Å². The van der Waals surface area contributed by atoms with Gasteiger partial charge in [0, 0.05) is 10.9 Å². The third kappa shape index (κ3) is 2.57. The Kier molecular flexibility index (Phi) is 4.29. The van der Waals surface area contributed by atoms with Gasteiger partial charge in [0.25, 0.3) is 0 Å². The number of rotatable bonds is 3. The van der Waals surface area contributed by atoms with Crippen molar-refractivity contribution in [1.29, 1.82) is 0 Å². The lowest BCUT2D eigenvalue weighted by Gasteiger charge is -2.53. The van der Waals surface area contributed by atoms with Crippen molar-refractivity contribution in [3.05, 3.63) is 93.5 Å². The lowest BCUT2D eigenvalue weighted by atomic mass is 9.54. The molecule has 30 heavy (non-hydrogen) atoms. The molecule has 152 valence electrons. The molecule has 0 aliphatic heterocycles. The van der Waals surface area contributed by atoms with E-state index >= 15 is 0 Å². The van der Waals surface area contributed by atoms with E-state index < -0.39 is 23.1 Å². The Morgan fingerprint density at radius 3 is 2.27 bits per heavy atom. The van der Waals surface area contributed by atoms with Crippen LogP contribution < -0.4 is 9.47 Å². The number of esters is 1. The molecule has 0 spiro atoms. The van der Waals surface area contributed by atoms with E-state index in [4.69, 9.17) is 9.47 Å². The highest BCUT2D eigenvalue weighted by Crippen LogP contribution is 2.60. The van der Waals surface area contributed by atoms with Crippen LogP contribution >= 0.6 is 15.9 Å². The molecule has 2 N–H and O–H groups in total. The molecule has 6 rings (SSSR count). The maximum atomic E-state index is 13.2. The molecule has 3 unspecified atom stereocenters. The van der Waals surface area contributed by atoms with Crippen LogP contribution in [0.3, 0.4) is 0 Å². The Labute approximate surface area is 182 Å². The third-order valence-electron chi connectivity index (χ3n) is 6.19. The minimum atomic E-state index is -1.60. The number of methoxy groups -OCH3 is 1. The summed E-state index contributed by atoms with van der Waals surface area (Å²) in [5, 5.41) is 23.7. The molecule has 3 aliphatic rings. The Morgan fingerprint density at radius 2 is 1.57 bits per heavy atom. The number of fused-ring (bicyclic) bond motifs is 1. The van der Waals surface area contributed by atoms with Gasteiger partial charge in [0.1, 0.15) is 22.7 Å². The zero-order valence-corrected chi connectivity index (χ0v) is 17.7. The molecule has 3 atom stereocenters. The van der Waals surface area contributed by atoms with E-state index in [9.17, 15) is 15.0 Å². The van der Waals surface area contributed by atoms with Crippen LogP contribution in [0.15, 0.2) is 71.2 Å². The molecule has 3 aliphatic carbocycles. The summed E-state index contributed by atoms with van der Waals surface area (Å²) in [4.78, 5) is 13.2. The number of hydrogen-bond donors (Lipinski definition) is 2. The zero-order valence-electron chi connectivity index (χ0n) is 16.1. The largest absolute Gasteiger partial charge is 0.497 e. The van der Waals surface area contributed by atoms with Gasteiger partial charge in [-0.15, -0.1) is 0 Å². The zero-order chi connectivity index (χ0) is 21.1. The SMILES string of the molecule is COc1ccc(OC(=O)C2CC3(O)c4ccccc4C2(O)c2ccc(Br)cc23)cc1. The number of aliphatic hydroxyl groups is 2. The average molecular weight is 467 g/mol. The van der Waals surface area contributed by atoms with Gasteiger partial charge < -0.3 is 19.7 Å². The molecule has 0 fully saturated rings. The summed E-state index contributed by atoms with van der Waals surface area (Å²) in [6, 6.07) is 19.2. The number of carbonyl (C=O) groups excluding carboxylic acids is 1. The molecular weight excluding hydrogens is 448 g/mol. The van der Waals surface area contributed by atoms with Crippen molar-refractivity contribution in [3.63, 3.8) is 0 Å². The van der Waals surface area contributed by atoms with Gasteiger partial charge in [0.15, 0.2) is 0 Å². The third-order valence-corrected chi connectivity index (χ3v) is 6.68. The topological polar surface area (TPSA) is 76.0 Å². The van der Waals surface area contributed by atoms with Crippen LogP contribution in [0.2, 0.25) is 0 Å².